The third-order valence-corrected chi connectivity index (χ3v) is 6.23. The highest BCUT2D eigenvalue weighted by atomic mass is 16.4. The largest absolute Gasteiger partial charge is 0.508 e. The molecule has 0 saturated heterocycles. The van der Waals surface area contributed by atoms with Gasteiger partial charge in [0.25, 0.3) is 0 Å². The number of carboxylic acid groups (broad SMARTS) is 1. The molecule has 2 aromatic rings. The predicted octanol–water partition coefficient (Wildman–Crippen LogP) is 0.0821. The van der Waals surface area contributed by atoms with Crippen molar-refractivity contribution in [3.05, 3.63) is 65.7 Å². The van der Waals surface area contributed by atoms with Crippen molar-refractivity contribution < 1.29 is 34.5 Å². The van der Waals surface area contributed by atoms with Gasteiger partial charge in [-0.3, -0.25) is 14.4 Å². The zero-order valence-electron chi connectivity index (χ0n) is 21.5. The lowest BCUT2D eigenvalue weighted by Crippen LogP contribution is -2.59. The second-order valence-corrected chi connectivity index (χ2v) is 9.18. The molecule has 0 aliphatic heterocycles. The lowest BCUT2D eigenvalue weighted by atomic mass is 9.97. The number of carbonyl (C=O) groups is 4. The molecule has 38 heavy (non-hydrogen) atoms. The van der Waals surface area contributed by atoms with Crippen molar-refractivity contribution in [2.75, 3.05) is 6.61 Å². The van der Waals surface area contributed by atoms with E-state index in [0.29, 0.717) is 12.0 Å². The topological polar surface area (TPSA) is 191 Å². The van der Waals surface area contributed by atoms with Gasteiger partial charge in [-0.05, 0) is 35.6 Å². The van der Waals surface area contributed by atoms with Crippen LogP contribution in [0.25, 0.3) is 0 Å². The van der Waals surface area contributed by atoms with E-state index in [4.69, 9.17) is 5.73 Å². The summed E-state index contributed by atoms with van der Waals surface area (Å²) in [6.45, 7) is 2.79. The van der Waals surface area contributed by atoms with Crippen LogP contribution in [0.15, 0.2) is 54.6 Å². The van der Waals surface area contributed by atoms with Gasteiger partial charge in [0.2, 0.25) is 17.7 Å². The predicted molar refractivity (Wildman–Crippen MR) is 140 cm³/mol. The Balaban J connectivity index is 2.05. The second kappa shape index (κ2) is 14.7. The molecule has 0 heterocycles. The molecule has 0 bridgehead atoms. The summed E-state index contributed by atoms with van der Waals surface area (Å²) in [5.41, 5.74) is 7.46. The van der Waals surface area contributed by atoms with Crippen molar-refractivity contribution in [1.29, 1.82) is 0 Å². The third kappa shape index (κ3) is 9.16. The first kappa shape index (κ1) is 30.3. The molecule has 8 N–H and O–H groups in total. The lowest BCUT2D eigenvalue weighted by Gasteiger charge is -2.27. The molecular formula is C27H36N4O7. The van der Waals surface area contributed by atoms with Crippen LogP contribution in [0, 0.1) is 5.92 Å². The van der Waals surface area contributed by atoms with Crippen molar-refractivity contribution in [1.82, 2.24) is 16.0 Å². The number of carbonyl (C=O) groups excluding carboxylic acids is 3. The van der Waals surface area contributed by atoms with Crippen LogP contribution < -0.4 is 21.7 Å². The molecule has 11 nitrogen and oxygen atoms in total. The van der Waals surface area contributed by atoms with Gasteiger partial charge in [0, 0.05) is 6.42 Å². The SMILES string of the molecule is CCC(C)C(NC(=O)C(N)Cc1ccccc1)C(=O)NC(CO)C(=O)NC(Cc1ccc(O)cc1)C(=O)O. The van der Waals surface area contributed by atoms with Crippen molar-refractivity contribution in [3.63, 3.8) is 0 Å². The molecule has 5 unspecified atom stereocenters. The van der Waals surface area contributed by atoms with Crippen LogP contribution in [-0.4, -0.2) is 69.8 Å². The fourth-order valence-electron chi connectivity index (χ4n) is 3.72. The molecule has 2 rings (SSSR count). The number of benzene rings is 2. The van der Waals surface area contributed by atoms with E-state index >= 15 is 0 Å². The van der Waals surface area contributed by atoms with Gasteiger partial charge in [0.15, 0.2) is 0 Å². The number of aliphatic hydroxyl groups is 1. The van der Waals surface area contributed by atoms with E-state index in [1.54, 1.807) is 6.92 Å². The minimum absolute atomic E-state index is 0.0108. The zero-order chi connectivity index (χ0) is 28.2. The van der Waals surface area contributed by atoms with Crippen LogP contribution in [0.3, 0.4) is 0 Å². The normalized spacial score (nSPS) is 14.8. The summed E-state index contributed by atoms with van der Waals surface area (Å²) < 4.78 is 0. The van der Waals surface area contributed by atoms with Gasteiger partial charge >= 0.3 is 5.97 Å². The summed E-state index contributed by atoms with van der Waals surface area (Å²) in [5, 5.41) is 36.1. The Morgan fingerprint density at radius 3 is 1.95 bits per heavy atom. The molecule has 0 aliphatic rings. The number of aromatic hydroxyl groups is 1. The number of rotatable bonds is 14. The van der Waals surface area contributed by atoms with Crippen LogP contribution in [-0.2, 0) is 32.0 Å². The van der Waals surface area contributed by atoms with E-state index < -0.39 is 54.5 Å². The van der Waals surface area contributed by atoms with E-state index in [1.165, 1.54) is 24.3 Å². The van der Waals surface area contributed by atoms with Crippen LogP contribution >= 0.6 is 0 Å². The first-order chi connectivity index (χ1) is 18.0. The number of phenolic OH excluding ortho intramolecular Hbond substituents is 1. The average molecular weight is 529 g/mol. The quantitative estimate of drug-likeness (QED) is 0.179. The first-order valence-corrected chi connectivity index (χ1v) is 12.4. The molecule has 11 heteroatoms. The molecule has 2 aromatic carbocycles. The summed E-state index contributed by atoms with van der Waals surface area (Å²) >= 11 is 0. The number of aliphatic carboxylic acids is 1. The van der Waals surface area contributed by atoms with Crippen molar-refractivity contribution in [3.8, 4) is 5.75 Å². The number of nitrogens with two attached hydrogens (primary N) is 1. The Bertz CT molecular complexity index is 1080. The number of nitrogens with one attached hydrogen (secondary N) is 3. The maximum absolute atomic E-state index is 13.1. The summed E-state index contributed by atoms with van der Waals surface area (Å²) in [5.74, 6) is -3.78. The standard InChI is InChI=1S/C27H36N4O7/c1-3-16(2)23(31-24(34)20(28)13-17-7-5-4-6-8-17)26(36)30-22(15-32)25(35)29-21(27(37)38)14-18-9-11-19(33)12-10-18/h4-12,16,20-23,32-33H,3,13-15,28H2,1-2H3,(H,29,35)(H,30,36)(H,31,34)(H,37,38). The van der Waals surface area contributed by atoms with Crippen molar-refractivity contribution >= 4 is 23.7 Å². The first-order valence-electron chi connectivity index (χ1n) is 12.4. The fourth-order valence-corrected chi connectivity index (χ4v) is 3.72. The number of hydrogen-bond acceptors (Lipinski definition) is 7. The highest BCUT2D eigenvalue weighted by Gasteiger charge is 2.32. The van der Waals surface area contributed by atoms with Gasteiger partial charge in [-0.1, -0.05) is 62.7 Å². The van der Waals surface area contributed by atoms with Crippen LogP contribution in [0.2, 0.25) is 0 Å². The third-order valence-electron chi connectivity index (χ3n) is 6.23. The van der Waals surface area contributed by atoms with Crippen LogP contribution in [0.1, 0.15) is 31.4 Å². The Hall–Kier alpha value is -3.96. The number of hydrogen-bond donors (Lipinski definition) is 7. The zero-order valence-corrected chi connectivity index (χ0v) is 21.5. The maximum Gasteiger partial charge on any atom is 0.326 e. The van der Waals surface area contributed by atoms with Crippen LogP contribution in [0.5, 0.6) is 5.75 Å². The number of carboxylic acids is 1. The van der Waals surface area contributed by atoms with E-state index in [0.717, 1.165) is 5.56 Å². The molecule has 0 radical (unpaired) electrons. The number of amides is 3. The Morgan fingerprint density at radius 1 is 0.816 bits per heavy atom. The van der Waals surface area contributed by atoms with E-state index in [-0.39, 0.29) is 24.5 Å². The Labute approximate surface area is 221 Å². The van der Waals surface area contributed by atoms with E-state index in [9.17, 15) is 34.5 Å². The number of aliphatic hydroxyl groups excluding tert-OH is 1. The Morgan fingerprint density at radius 2 is 1.39 bits per heavy atom. The molecule has 5 atom stereocenters. The van der Waals surface area contributed by atoms with Gasteiger partial charge in [0.05, 0.1) is 12.6 Å². The summed E-state index contributed by atoms with van der Waals surface area (Å²) in [7, 11) is 0. The maximum atomic E-state index is 13.1. The molecule has 3 amide bonds. The highest BCUT2D eigenvalue weighted by molar-refractivity contribution is 5.94. The van der Waals surface area contributed by atoms with Gasteiger partial charge in [-0.15, -0.1) is 0 Å². The molecule has 0 aliphatic carbocycles. The fraction of sp³-hybridized carbons (Fsp3) is 0.407. The molecule has 0 fully saturated rings. The molecule has 0 spiro atoms. The highest BCUT2D eigenvalue weighted by Crippen LogP contribution is 2.12. The molecule has 206 valence electrons. The molecule has 0 saturated carbocycles. The van der Waals surface area contributed by atoms with Gasteiger partial charge < -0.3 is 37.0 Å². The van der Waals surface area contributed by atoms with Gasteiger partial charge in [0.1, 0.15) is 23.9 Å². The summed E-state index contributed by atoms with van der Waals surface area (Å²) in [6, 6.07) is 10.2. The minimum atomic E-state index is -1.45. The average Bonchev–Trinajstić information content (AvgIpc) is 2.90. The number of phenols is 1. The van der Waals surface area contributed by atoms with Crippen molar-refractivity contribution in [2.24, 2.45) is 11.7 Å². The van der Waals surface area contributed by atoms with E-state index in [1.807, 2.05) is 37.3 Å². The molecule has 0 aromatic heterocycles. The monoisotopic (exact) mass is 528 g/mol. The van der Waals surface area contributed by atoms with Crippen LogP contribution in [0.4, 0.5) is 0 Å². The van der Waals surface area contributed by atoms with Gasteiger partial charge in [-0.25, -0.2) is 4.79 Å². The van der Waals surface area contributed by atoms with Crippen molar-refractivity contribution in [2.45, 2.75) is 57.3 Å². The second-order valence-electron chi connectivity index (χ2n) is 9.18. The Kier molecular flexibility index (Phi) is 11.7. The summed E-state index contributed by atoms with van der Waals surface area (Å²) in [6.07, 6.45) is 0.703. The van der Waals surface area contributed by atoms with E-state index in [2.05, 4.69) is 16.0 Å². The lowest BCUT2D eigenvalue weighted by molar-refractivity contribution is -0.142. The summed E-state index contributed by atoms with van der Waals surface area (Å²) in [4.78, 5) is 50.3. The minimum Gasteiger partial charge on any atom is -0.508 e. The smallest absolute Gasteiger partial charge is 0.326 e. The van der Waals surface area contributed by atoms with Gasteiger partial charge in [-0.2, -0.15) is 0 Å². The molecular weight excluding hydrogens is 492 g/mol.